The minimum atomic E-state index is -0.0566. The Balaban J connectivity index is 1.36. The Hall–Kier alpha value is -3.15. The number of benzene rings is 2. The van der Waals surface area contributed by atoms with Crippen molar-refractivity contribution in [3.63, 3.8) is 0 Å². The second-order valence-corrected chi connectivity index (χ2v) is 6.67. The number of carbonyl (C=O) groups is 1. The number of fused-ring (bicyclic) bond motifs is 1. The Kier molecular flexibility index (Phi) is 5.14. The van der Waals surface area contributed by atoms with Crippen LogP contribution in [0.15, 0.2) is 61.1 Å². The summed E-state index contributed by atoms with van der Waals surface area (Å²) in [6.45, 7) is 1.81. The number of carbonyl (C=O) groups excluding carboxylic acids is 1. The molecular formula is C21H22N4O2. The average Bonchev–Trinajstić information content (AvgIpc) is 2.73. The third-order valence-electron chi connectivity index (χ3n) is 4.82. The van der Waals surface area contributed by atoms with Crippen molar-refractivity contribution in [1.82, 2.24) is 20.2 Å². The van der Waals surface area contributed by atoms with Crippen molar-refractivity contribution in [3.05, 3.63) is 66.6 Å². The van der Waals surface area contributed by atoms with Gasteiger partial charge in [0, 0.05) is 25.4 Å². The minimum Gasteiger partial charge on any atom is -0.472 e. The van der Waals surface area contributed by atoms with Crippen LogP contribution in [0.2, 0.25) is 0 Å². The van der Waals surface area contributed by atoms with E-state index in [2.05, 4.69) is 39.6 Å². The maximum Gasteiger partial charge on any atom is 0.317 e. The minimum absolute atomic E-state index is 0.0445. The van der Waals surface area contributed by atoms with E-state index in [-0.39, 0.29) is 12.1 Å². The van der Waals surface area contributed by atoms with Gasteiger partial charge >= 0.3 is 6.03 Å². The van der Waals surface area contributed by atoms with Crippen LogP contribution in [0.4, 0.5) is 4.79 Å². The first-order valence-electron chi connectivity index (χ1n) is 9.22. The van der Waals surface area contributed by atoms with Gasteiger partial charge in [-0.15, -0.1) is 0 Å². The molecule has 1 fully saturated rings. The summed E-state index contributed by atoms with van der Waals surface area (Å²) in [6.07, 6.45) is 4.90. The molecule has 3 aromatic rings. The number of rotatable bonds is 4. The lowest BCUT2D eigenvalue weighted by atomic mass is 10.0. The number of nitrogens with one attached hydrogen (secondary N) is 1. The zero-order chi connectivity index (χ0) is 18.5. The van der Waals surface area contributed by atoms with Gasteiger partial charge in [0.05, 0.1) is 6.54 Å². The maximum absolute atomic E-state index is 12.6. The van der Waals surface area contributed by atoms with E-state index in [1.807, 2.05) is 23.1 Å². The van der Waals surface area contributed by atoms with Gasteiger partial charge in [-0.25, -0.2) is 14.8 Å². The van der Waals surface area contributed by atoms with Crippen LogP contribution in [-0.2, 0) is 6.54 Å². The van der Waals surface area contributed by atoms with Crippen molar-refractivity contribution < 1.29 is 9.53 Å². The molecule has 1 aliphatic rings. The fourth-order valence-corrected chi connectivity index (χ4v) is 3.47. The molecule has 0 radical (unpaired) electrons. The topological polar surface area (TPSA) is 67.4 Å². The summed E-state index contributed by atoms with van der Waals surface area (Å²) in [5, 5.41) is 5.40. The second-order valence-electron chi connectivity index (χ2n) is 6.67. The summed E-state index contributed by atoms with van der Waals surface area (Å²) in [6, 6.07) is 16.1. The van der Waals surface area contributed by atoms with Crippen LogP contribution in [0.5, 0.6) is 5.88 Å². The highest BCUT2D eigenvalue weighted by Gasteiger charge is 2.25. The Morgan fingerprint density at radius 1 is 1.19 bits per heavy atom. The first kappa shape index (κ1) is 17.3. The number of piperidine rings is 1. The first-order valence-corrected chi connectivity index (χ1v) is 9.22. The molecule has 6 heteroatoms. The van der Waals surface area contributed by atoms with Crippen molar-refractivity contribution in [2.45, 2.75) is 25.5 Å². The number of urea groups is 1. The summed E-state index contributed by atoms with van der Waals surface area (Å²) in [5.41, 5.74) is 1.12. The molecule has 0 saturated carbocycles. The normalized spacial score (nSPS) is 16.9. The fourth-order valence-electron chi connectivity index (χ4n) is 3.47. The zero-order valence-corrected chi connectivity index (χ0v) is 15.0. The Labute approximate surface area is 158 Å². The summed E-state index contributed by atoms with van der Waals surface area (Å²) < 4.78 is 5.88. The van der Waals surface area contributed by atoms with Crippen molar-refractivity contribution >= 4 is 16.8 Å². The van der Waals surface area contributed by atoms with Gasteiger partial charge in [0.15, 0.2) is 0 Å². The molecule has 0 aliphatic carbocycles. The third kappa shape index (κ3) is 4.16. The molecule has 0 spiro atoms. The summed E-state index contributed by atoms with van der Waals surface area (Å²) >= 11 is 0. The van der Waals surface area contributed by atoms with Crippen LogP contribution in [0.3, 0.4) is 0 Å². The van der Waals surface area contributed by atoms with E-state index in [1.165, 1.54) is 17.1 Å². The highest BCUT2D eigenvalue weighted by molar-refractivity contribution is 5.86. The van der Waals surface area contributed by atoms with Crippen LogP contribution in [0, 0.1) is 0 Å². The number of hydrogen-bond acceptors (Lipinski definition) is 4. The maximum atomic E-state index is 12.6. The van der Waals surface area contributed by atoms with E-state index in [1.54, 1.807) is 12.3 Å². The van der Waals surface area contributed by atoms with Gasteiger partial charge in [-0.3, -0.25) is 0 Å². The lowest BCUT2D eigenvalue weighted by Gasteiger charge is -2.32. The predicted octanol–water partition coefficient (Wildman–Crippen LogP) is 3.38. The molecule has 1 N–H and O–H groups in total. The van der Waals surface area contributed by atoms with Crippen LogP contribution in [0.1, 0.15) is 18.4 Å². The monoisotopic (exact) mass is 362 g/mol. The largest absolute Gasteiger partial charge is 0.472 e. The molecule has 0 bridgehead atoms. The van der Waals surface area contributed by atoms with Crippen molar-refractivity contribution in [2.75, 3.05) is 13.1 Å². The Morgan fingerprint density at radius 3 is 2.96 bits per heavy atom. The molecule has 1 saturated heterocycles. The summed E-state index contributed by atoms with van der Waals surface area (Å²) in [4.78, 5) is 22.4. The highest BCUT2D eigenvalue weighted by atomic mass is 16.5. The first-order chi connectivity index (χ1) is 13.3. The second kappa shape index (κ2) is 8.03. The molecule has 4 rings (SSSR count). The Morgan fingerprint density at radius 2 is 2.07 bits per heavy atom. The number of likely N-dealkylation sites (tertiary alicyclic amines) is 1. The van der Waals surface area contributed by atoms with E-state index in [4.69, 9.17) is 4.74 Å². The highest BCUT2D eigenvalue weighted by Crippen LogP contribution is 2.19. The molecule has 1 aromatic heterocycles. The number of ether oxygens (including phenoxy) is 1. The van der Waals surface area contributed by atoms with E-state index < -0.39 is 0 Å². The Bertz CT molecular complexity index is 911. The quantitative estimate of drug-likeness (QED) is 0.773. The average molecular weight is 362 g/mol. The van der Waals surface area contributed by atoms with E-state index >= 15 is 0 Å². The number of aromatic nitrogens is 2. The van der Waals surface area contributed by atoms with Crippen molar-refractivity contribution in [3.8, 4) is 5.88 Å². The van der Waals surface area contributed by atoms with Gasteiger partial charge in [-0.05, 0) is 29.2 Å². The van der Waals surface area contributed by atoms with Crippen LogP contribution >= 0.6 is 0 Å². The predicted molar refractivity (Wildman–Crippen MR) is 103 cm³/mol. The molecule has 2 amide bonds. The van der Waals surface area contributed by atoms with E-state index in [0.717, 1.165) is 24.9 Å². The van der Waals surface area contributed by atoms with Gasteiger partial charge in [-0.1, -0.05) is 42.5 Å². The molecule has 27 heavy (non-hydrogen) atoms. The number of amides is 2. The number of nitrogens with zero attached hydrogens (tertiary/aromatic N) is 3. The lowest BCUT2D eigenvalue weighted by Crippen LogP contribution is -2.48. The van der Waals surface area contributed by atoms with E-state index in [0.29, 0.717) is 19.0 Å². The third-order valence-corrected chi connectivity index (χ3v) is 4.82. The van der Waals surface area contributed by atoms with Gasteiger partial charge in [-0.2, -0.15) is 0 Å². The lowest BCUT2D eigenvalue weighted by molar-refractivity contribution is 0.0976. The van der Waals surface area contributed by atoms with Gasteiger partial charge in [0.1, 0.15) is 12.4 Å². The van der Waals surface area contributed by atoms with Crippen molar-refractivity contribution in [2.24, 2.45) is 0 Å². The van der Waals surface area contributed by atoms with Gasteiger partial charge < -0.3 is 15.0 Å². The zero-order valence-electron chi connectivity index (χ0n) is 15.0. The van der Waals surface area contributed by atoms with Gasteiger partial charge in [0.25, 0.3) is 0 Å². The van der Waals surface area contributed by atoms with Crippen molar-refractivity contribution in [1.29, 1.82) is 0 Å². The molecule has 2 heterocycles. The number of hydrogen-bond donors (Lipinski definition) is 1. The standard InChI is InChI=1S/C21H22N4O2/c26-21(23-13-17-7-3-6-16-5-1-2-9-19(16)17)25-12-4-8-18(14-25)27-20-10-11-22-15-24-20/h1-3,5-7,9-11,15,18H,4,8,12-14H2,(H,23,26)/t18-/m1/s1. The molecule has 6 nitrogen and oxygen atoms in total. The summed E-state index contributed by atoms with van der Waals surface area (Å²) in [5.74, 6) is 0.549. The molecule has 0 unspecified atom stereocenters. The van der Waals surface area contributed by atoms with E-state index in [9.17, 15) is 4.79 Å². The molecular weight excluding hydrogens is 340 g/mol. The smallest absolute Gasteiger partial charge is 0.317 e. The molecule has 2 aromatic carbocycles. The van der Waals surface area contributed by atoms with Crippen LogP contribution < -0.4 is 10.1 Å². The van der Waals surface area contributed by atoms with Gasteiger partial charge in [0.2, 0.25) is 5.88 Å². The molecule has 1 aliphatic heterocycles. The SMILES string of the molecule is O=C(NCc1cccc2ccccc12)N1CCC[C@@H](Oc2ccncn2)C1. The fraction of sp³-hybridized carbons (Fsp3) is 0.286. The van der Waals surface area contributed by atoms with Crippen LogP contribution in [-0.4, -0.2) is 40.1 Å². The molecule has 1 atom stereocenters. The summed E-state index contributed by atoms with van der Waals surface area (Å²) in [7, 11) is 0. The van der Waals surface area contributed by atoms with Crippen LogP contribution in [0.25, 0.3) is 10.8 Å². The molecule has 138 valence electrons.